The molecule has 1 aromatic heterocycles. The van der Waals surface area contributed by atoms with E-state index in [4.69, 9.17) is 4.74 Å². The number of aromatic nitrogens is 2. The van der Waals surface area contributed by atoms with E-state index in [-0.39, 0.29) is 17.3 Å². The van der Waals surface area contributed by atoms with E-state index in [9.17, 15) is 19.2 Å². The number of nitrogens with zero attached hydrogens (tertiary/aromatic N) is 1. The Morgan fingerprint density at radius 1 is 1.13 bits per heavy atom. The molecular weight excluding hydrogens is 388 g/mol. The first kappa shape index (κ1) is 21.4. The van der Waals surface area contributed by atoms with Crippen molar-refractivity contribution in [3.05, 3.63) is 52.2 Å². The number of imidazole rings is 1. The van der Waals surface area contributed by atoms with Crippen LogP contribution in [-0.4, -0.2) is 39.6 Å². The van der Waals surface area contributed by atoms with Crippen LogP contribution in [0.5, 0.6) is 0 Å². The summed E-state index contributed by atoms with van der Waals surface area (Å²) in [5, 5.41) is 4.99. The zero-order valence-electron chi connectivity index (χ0n) is 17.1. The maximum absolute atomic E-state index is 12.3. The number of imide groups is 1. The van der Waals surface area contributed by atoms with Crippen LogP contribution in [0.2, 0.25) is 0 Å². The van der Waals surface area contributed by atoms with Crippen LogP contribution in [0.25, 0.3) is 5.69 Å². The van der Waals surface area contributed by atoms with Crippen molar-refractivity contribution in [1.82, 2.24) is 20.2 Å². The highest BCUT2D eigenvalue weighted by molar-refractivity contribution is 5.98. The van der Waals surface area contributed by atoms with Crippen molar-refractivity contribution >= 4 is 17.9 Å². The number of amides is 3. The van der Waals surface area contributed by atoms with Crippen molar-refractivity contribution in [3.8, 4) is 5.69 Å². The second-order valence-corrected chi connectivity index (χ2v) is 7.46. The van der Waals surface area contributed by atoms with Gasteiger partial charge < -0.3 is 15.0 Å². The molecule has 0 radical (unpaired) electrons. The van der Waals surface area contributed by atoms with Crippen LogP contribution in [0.3, 0.4) is 0 Å². The lowest BCUT2D eigenvalue weighted by atomic mass is 9.96. The second kappa shape index (κ2) is 9.43. The largest absolute Gasteiger partial charge is 0.449 e. The molecule has 0 aliphatic heterocycles. The molecule has 9 heteroatoms. The van der Waals surface area contributed by atoms with E-state index in [0.717, 1.165) is 37.8 Å². The van der Waals surface area contributed by atoms with E-state index in [1.54, 1.807) is 25.3 Å². The number of aromatic amines is 1. The molecule has 1 aromatic carbocycles. The number of carbonyl (C=O) groups is 3. The normalized spacial score (nSPS) is 15.3. The maximum Gasteiger partial charge on any atom is 0.338 e. The van der Waals surface area contributed by atoms with Crippen LogP contribution in [0.15, 0.2) is 35.3 Å². The first-order valence-electron chi connectivity index (χ1n) is 10.0. The van der Waals surface area contributed by atoms with E-state index in [1.807, 2.05) is 0 Å². The Labute approximate surface area is 173 Å². The van der Waals surface area contributed by atoms with Gasteiger partial charge in [-0.25, -0.2) is 14.4 Å². The van der Waals surface area contributed by atoms with Gasteiger partial charge in [-0.15, -0.1) is 0 Å². The standard InChI is InChI=1S/C21H26N4O5/c1-13-12-22-21(29)25(13)17-10-8-15(9-11-17)19(27)30-14(2)18(26)24-20(28)23-16-6-4-3-5-7-16/h8-12,14,16H,3-7H2,1-2H3,(H,22,29)(H2,23,24,26,28)/t14-/m1/s1. The summed E-state index contributed by atoms with van der Waals surface area (Å²) in [4.78, 5) is 50.9. The lowest BCUT2D eigenvalue weighted by Gasteiger charge is -2.23. The van der Waals surface area contributed by atoms with Crippen molar-refractivity contribution in [3.63, 3.8) is 0 Å². The number of esters is 1. The summed E-state index contributed by atoms with van der Waals surface area (Å²) in [5.74, 6) is -1.39. The van der Waals surface area contributed by atoms with E-state index >= 15 is 0 Å². The molecule has 3 N–H and O–H groups in total. The van der Waals surface area contributed by atoms with Crippen molar-refractivity contribution in [2.24, 2.45) is 0 Å². The fourth-order valence-electron chi connectivity index (χ4n) is 3.49. The Bertz CT molecular complexity index is 970. The van der Waals surface area contributed by atoms with Gasteiger partial charge in [-0.1, -0.05) is 19.3 Å². The molecule has 0 unspecified atom stereocenters. The summed E-state index contributed by atoms with van der Waals surface area (Å²) in [6, 6.07) is 5.74. The summed E-state index contributed by atoms with van der Waals surface area (Å²) in [6.07, 6.45) is 5.54. The highest BCUT2D eigenvalue weighted by Crippen LogP contribution is 2.17. The van der Waals surface area contributed by atoms with Crippen LogP contribution in [0.4, 0.5) is 4.79 Å². The summed E-state index contributed by atoms with van der Waals surface area (Å²) in [5.41, 5.74) is 1.28. The van der Waals surface area contributed by atoms with Gasteiger partial charge in [0.15, 0.2) is 6.10 Å². The quantitative estimate of drug-likeness (QED) is 0.647. The number of carbonyl (C=O) groups excluding carboxylic acids is 3. The number of nitrogens with one attached hydrogen (secondary N) is 3. The molecule has 1 fully saturated rings. The van der Waals surface area contributed by atoms with Crippen molar-refractivity contribution < 1.29 is 19.1 Å². The number of urea groups is 1. The Morgan fingerprint density at radius 2 is 1.80 bits per heavy atom. The molecule has 1 aliphatic carbocycles. The Hall–Kier alpha value is -3.36. The van der Waals surface area contributed by atoms with Gasteiger partial charge in [-0.2, -0.15) is 0 Å². The van der Waals surface area contributed by atoms with Gasteiger partial charge >= 0.3 is 17.7 Å². The molecule has 0 saturated heterocycles. The lowest BCUT2D eigenvalue weighted by Crippen LogP contribution is -2.48. The predicted octanol–water partition coefficient (Wildman–Crippen LogP) is 2.18. The minimum atomic E-state index is -1.14. The summed E-state index contributed by atoms with van der Waals surface area (Å²) in [6.45, 7) is 3.18. The van der Waals surface area contributed by atoms with E-state index in [0.29, 0.717) is 5.69 Å². The third kappa shape index (κ3) is 5.16. The van der Waals surface area contributed by atoms with E-state index < -0.39 is 24.0 Å². The molecule has 1 heterocycles. The molecule has 1 saturated carbocycles. The summed E-state index contributed by atoms with van der Waals surface area (Å²) < 4.78 is 6.63. The number of H-pyrrole nitrogens is 1. The first-order chi connectivity index (χ1) is 14.3. The zero-order chi connectivity index (χ0) is 21.7. The number of benzene rings is 1. The highest BCUT2D eigenvalue weighted by Gasteiger charge is 2.22. The monoisotopic (exact) mass is 414 g/mol. The van der Waals surface area contributed by atoms with Gasteiger partial charge in [-0.05, 0) is 51.0 Å². The fourth-order valence-corrected chi connectivity index (χ4v) is 3.49. The third-order valence-corrected chi connectivity index (χ3v) is 5.15. The van der Waals surface area contributed by atoms with Crippen molar-refractivity contribution in [2.45, 2.75) is 58.1 Å². The number of hydrogen-bond donors (Lipinski definition) is 3. The number of rotatable bonds is 5. The van der Waals surface area contributed by atoms with Gasteiger partial charge in [0.2, 0.25) is 0 Å². The minimum absolute atomic E-state index is 0.0686. The maximum atomic E-state index is 12.3. The molecule has 3 amide bonds. The number of aryl methyl sites for hydroxylation is 1. The Kier molecular flexibility index (Phi) is 6.71. The molecule has 30 heavy (non-hydrogen) atoms. The van der Waals surface area contributed by atoms with Crippen LogP contribution in [0.1, 0.15) is 55.1 Å². The first-order valence-corrected chi connectivity index (χ1v) is 10.0. The predicted molar refractivity (Wildman–Crippen MR) is 110 cm³/mol. The average molecular weight is 414 g/mol. The van der Waals surface area contributed by atoms with Gasteiger partial charge in [-0.3, -0.25) is 14.7 Å². The van der Waals surface area contributed by atoms with E-state index in [1.165, 1.54) is 23.6 Å². The molecule has 3 rings (SSSR count). The molecule has 1 aliphatic rings. The molecule has 1 atom stereocenters. The van der Waals surface area contributed by atoms with E-state index in [2.05, 4.69) is 15.6 Å². The number of hydrogen-bond acceptors (Lipinski definition) is 5. The fraction of sp³-hybridized carbons (Fsp3) is 0.429. The van der Waals surface area contributed by atoms with Gasteiger partial charge in [0.1, 0.15) is 0 Å². The van der Waals surface area contributed by atoms with Gasteiger partial charge in [0.05, 0.1) is 11.3 Å². The average Bonchev–Trinajstić information content (AvgIpc) is 3.06. The number of ether oxygens (including phenoxy) is 1. The van der Waals surface area contributed by atoms with Gasteiger partial charge in [0.25, 0.3) is 5.91 Å². The minimum Gasteiger partial charge on any atom is -0.449 e. The Balaban J connectivity index is 1.53. The molecule has 2 aromatic rings. The smallest absolute Gasteiger partial charge is 0.338 e. The van der Waals surface area contributed by atoms with Crippen LogP contribution in [-0.2, 0) is 9.53 Å². The van der Waals surface area contributed by atoms with Crippen molar-refractivity contribution in [1.29, 1.82) is 0 Å². The molecule has 160 valence electrons. The summed E-state index contributed by atoms with van der Waals surface area (Å²) in [7, 11) is 0. The topological polar surface area (TPSA) is 122 Å². The van der Waals surface area contributed by atoms with Crippen LogP contribution >= 0.6 is 0 Å². The van der Waals surface area contributed by atoms with Gasteiger partial charge in [0, 0.05) is 17.9 Å². The van der Waals surface area contributed by atoms with Crippen molar-refractivity contribution in [2.75, 3.05) is 0 Å². The molecule has 0 bridgehead atoms. The lowest BCUT2D eigenvalue weighted by molar-refractivity contribution is -0.127. The summed E-state index contributed by atoms with van der Waals surface area (Å²) >= 11 is 0. The molecule has 0 spiro atoms. The van der Waals surface area contributed by atoms with Crippen LogP contribution < -0.4 is 16.3 Å². The molecule has 9 nitrogen and oxygen atoms in total. The Morgan fingerprint density at radius 3 is 2.40 bits per heavy atom. The second-order valence-electron chi connectivity index (χ2n) is 7.46. The molecular formula is C21H26N4O5. The highest BCUT2D eigenvalue weighted by atomic mass is 16.5. The van der Waals surface area contributed by atoms with Crippen LogP contribution in [0, 0.1) is 6.92 Å². The zero-order valence-corrected chi connectivity index (χ0v) is 17.1. The SMILES string of the molecule is Cc1c[nH]c(=O)n1-c1ccc(C(=O)O[C@H](C)C(=O)NC(=O)NC2CCCCC2)cc1. The third-order valence-electron chi connectivity index (χ3n) is 5.15.